The fourth-order valence-corrected chi connectivity index (χ4v) is 3.21. The minimum atomic E-state index is -0.0678. The fourth-order valence-electron chi connectivity index (χ4n) is 3.21. The van der Waals surface area contributed by atoms with Crippen molar-refractivity contribution in [3.63, 3.8) is 0 Å². The fraction of sp³-hybridized carbons (Fsp3) is 0.400. The number of nitrogens with zero attached hydrogens (tertiary/aromatic N) is 2. The average Bonchev–Trinajstić information content (AvgIpc) is 3.16. The number of pyridine rings is 1. The van der Waals surface area contributed by atoms with Crippen LogP contribution >= 0.6 is 0 Å². The lowest BCUT2D eigenvalue weighted by molar-refractivity contribution is 0.0617. The molecular formula is C20H25N3O3. The lowest BCUT2D eigenvalue weighted by atomic mass is 10.1. The number of methoxy groups -OCH3 is 1. The molecule has 1 saturated heterocycles. The second-order valence-corrected chi connectivity index (χ2v) is 6.31. The number of aromatic nitrogens is 1. The molecule has 1 aromatic heterocycles. The molecule has 0 saturated carbocycles. The van der Waals surface area contributed by atoms with Crippen LogP contribution < -0.4 is 5.32 Å². The lowest BCUT2D eigenvalue weighted by Gasteiger charge is -2.25. The number of carbonyl (C=O) groups is 1. The van der Waals surface area contributed by atoms with Crippen molar-refractivity contribution in [1.82, 2.24) is 9.88 Å². The SMILES string of the molecule is COCCOCc1cccc(NC(=O)N2CCC[C@@H]2c2ccncc2)c1. The minimum Gasteiger partial charge on any atom is -0.382 e. The number of rotatable bonds is 7. The van der Waals surface area contributed by atoms with Gasteiger partial charge < -0.3 is 19.7 Å². The van der Waals surface area contributed by atoms with Crippen LogP contribution in [-0.4, -0.2) is 42.8 Å². The molecule has 138 valence electrons. The number of hydrogen-bond donors (Lipinski definition) is 1. The van der Waals surface area contributed by atoms with Gasteiger partial charge in [0.15, 0.2) is 0 Å². The van der Waals surface area contributed by atoms with Crippen molar-refractivity contribution < 1.29 is 14.3 Å². The Balaban J connectivity index is 1.60. The number of nitrogens with one attached hydrogen (secondary N) is 1. The minimum absolute atomic E-state index is 0.0678. The Hall–Kier alpha value is -2.44. The number of urea groups is 1. The van der Waals surface area contributed by atoms with Crippen LogP contribution in [0.4, 0.5) is 10.5 Å². The van der Waals surface area contributed by atoms with Crippen molar-refractivity contribution in [3.05, 3.63) is 59.9 Å². The zero-order valence-electron chi connectivity index (χ0n) is 15.1. The summed E-state index contributed by atoms with van der Waals surface area (Å²) in [5.74, 6) is 0. The van der Waals surface area contributed by atoms with Gasteiger partial charge in [0, 0.05) is 31.7 Å². The normalized spacial score (nSPS) is 16.7. The summed E-state index contributed by atoms with van der Waals surface area (Å²) in [5.41, 5.74) is 2.93. The molecule has 2 heterocycles. The van der Waals surface area contributed by atoms with E-state index in [0.29, 0.717) is 19.8 Å². The highest BCUT2D eigenvalue weighted by Crippen LogP contribution is 2.32. The van der Waals surface area contributed by atoms with Crippen molar-refractivity contribution in [3.8, 4) is 0 Å². The number of amides is 2. The number of likely N-dealkylation sites (tertiary alicyclic amines) is 1. The van der Waals surface area contributed by atoms with Crippen molar-refractivity contribution >= 4 is 11.7 Å². The molecule has 6 heteroatoms. The van der Waals surface area contributed by atoms with Crippen LogP contribution in [0, 0.1) is 0 Å². The molecule has 0 aliphatic carbocycles. The molecule has 1 aliphatic heterocycles. The summed E-state index contributed by atoms with van der Waals surface area (Å²) in [6.45, 7) is 2.38. The quantitative estimate of drug-likeness (QED) is 0.771. The Bertz CT molecular complexity index is 708. The van der Waals surface area contributed by atoms with Crippen molar-refractivity contribution in [2.75, 3.05) is 32.2 Å². The Morgan fingerprint density at radius 2 is 2.12 bits per heavy atom. The molecule has 2 aromatic rings. The average molecular weight is 355 g/mol. The molecule has 6 nitrogen and oxygen atoms in total. The van der Waals surface area contributed by atoms with Crippen molar-refractivity contribution in [2.24, 2.45) is 0 Å². The van der Waals surface area contributed by atoms with E-state index in [0.717, 1.165) is 36.2 Å². The molecule has 1 atom stereocenters. The zero-order chi connectivity index (χ0) is 18.2. The Morgan fingerprint density at radius 3 is 2.92 bits per heavy atom. The highest BCUT2D eigenvalue weighted by Gasteiger charge is 2.29. The summed E-state index contributed by atoms with van der Waals surface area (Å²) in [5, 5.41) is 3.02. The third-order valence-corrected chi connectivity index (χ3v) is 4.48. The van der Waals surface area contributed by atoms with Crippen LogP contribution in [0.3, 0.4) is 0 Å². The second kappa shape index (κ2) is 9.31. The van der Waals surface area contributed by atoms with Gasteiger partial charge in [-0.25, -0.2) is 4.79 Å². The van der Waals surface area contributed by atoms with E-state index in [1.165, 1.54) is 0 Å². The first-order chi connectivity index (χ1) is 12.8. The van der Waals surface area contributed by atoms with Crippen LogP contribution in [0.1, 0.15) is 30.0 Å². The van der Waals surface area contributed by atoms with Gasteiger partial charge in [0.05, 0.1) is 25.9 Å². The smallest absolute Gasteiger partial charge is 0.322 e. The summed E-state index contributed by atoms with van der Waals surface area (Å²) in [6.07, 6.45) is 5.53. The van der Waals surface area contributed by atoms with E-state index >= 15 is 0 Å². The molecule has 1 N–H and O–H groups in total. The summed E-state index contributed by atoms with van der Waals surface area (Å²) in [7, 11) is 1.65. The topological polar surface area (TPSA) is 63.7 Å². The second-order valence-electron chi connectivity index (χ2n) is 6.31. The van der Waals surface area contributed by atoms with E-state index in [-0.39, 0.29) is 12.1 Å². The van der Waals surface area contributed by atoms with Crippen molar-refractivity contribution in [1.29, 1.82) is 0 Å². The monoisotopic (exact) mass is 355 g/mol. The Morgan fingerprint density at radius 1 is 1.27 bits per heavy atom. The summed E-state index contributed by atoms with van der Waals surface area (Å²) in [6, 6.07) is 11.8. The molecule has 0 bridgehead atoms. The van der Waals surface area contributed by atoms with E-state index in [2.05, 4.69) is 10.3 Å². The maximum absolute atomic E-state index is 12.8. The van der Waals surface area contributed by atoms with Crippen LogP contribution in [0.5, 0.6) is 0 Å². The van der Waals surface area contributed by atoms with Gasteiger partial charge in [-0.3, -0.25) is 4.98 Å². The summed E-state index contributed by atoms with van der Waals surface area (Å²) in [4.78, 5) is 18.7. The van der Waals surface area contributed by atoms with E-state index in [1.807, 2.05) is 41.3 Å². The number of anilines is 1. The van der Waals surface area contributed by atoms with E-state index in [4.69, 9.17) is 9.47 Å². The van der Waals surface area contributed by atoms with Crippen molar-refractivity contribution in [2.45, 2.75) is 25.5 Å². The molecule has 2 amide bonds. The van der Waals surface area contributed by atoms with Gasteiger partial charge in [0.25, 0.3) is 0 Å². The van der Waals surface area contributed by atoms with Gasteiger partial charge in [-0.1, -0.05) is 12.1 Å². The molecule has 1 aromatic carbocycles. The Kier molecular flexibility index (Phi) is 6.57. The standard InChI is InChI=1S/C20H25N3O3/c1-25-12-13-26-15-16-4-2-5-18(14-16)22-20(24)23-11-3-6-19(23)17-7-9-21-10-8-17/h2,4-5,7-10,14,19H,3,6,11-13,15H2,1H3,(H,22,24)/t19-/m1/s1. The van der Waals surface area contributed by atoms with Crippen LogP contribution in [0.15, 0.2) is 48.8 Å². The number of benzene rings is 1. The molecule has 0 radical (unpaired) electrons. The first-order valence-electron chi connectivity index (χ1n) is 8.91. The van der Waals surface area contributed by atoms with E-state index in [9.17, 15) is 4.79 Å². The number of hydrogen-bond acceptors (Lipinski definition) is 4. The molecule has 26 heavy (non-hydrogen) atoms. The van der Waals surface area contributed by atoms with Crippen LogP contribution in [0.2, 0.25) is 0 Å². The maximum atomic E-state index is 12.8. The van der Waals surface area contributed by atoms with E-state index < -0.39 is 0 Å². The van der Waals surface area contributed by atoms with Gasteiger partial charge in [-0.05, 0) is 48.2 Å². The molecule has 0 spiro atoms. The van der Waals surface area contributed by atoms with Gasteiger partial charge in [-0.15, -0.1) is 0 Å². The molecule has 0 unspecified atom stereocenters. The van der Waals surface area contributed by atoms with Gasteiger partial charge in [0.1, 0.15) is 0 Å². The highest BCUT2D eigenvalue weighted by molar-refractivity contribution is 5.89. The van der Waals surface area contributed by atoms with Gasteiger partial charge in [0.2, 0.25) is 0 Å². The van der Waals surface area contributed by atoms with Gasteiger partial charge in [-0.2, -0.15) is 0 Å². The Labute approximate surface area is 154 Å². The lowest BCUT2D eigenvalue weighted by Crippen LogP contribution is -2.34. The summed E-state index contributed by atoms with van der Waals surface area (Å²) < 4.78 is 10.5. The molecule has 1 fully saturated rings. The molecular weight excluding hydrogens is 330 g/mol. The van der Waals surface area contributed by atoms with Crippen LogP contribution in [0.25, 0.3) is 0 Å². The predicted octanol–water partition coefficient (Wildman–Crippen LogP) is 3.61. The summed E-state index contributed by atoms with van der Waals surface area (Å²) >= 11 is 0. The largest absolute Gasteiger partial charge is 0.382 e. The zero-order valence-corrected chi connectivity index (χ0v) is 15.1. The molecule has 1 aliphatic rings. The van der Waals surface area contributed by atoms with Crippen LogP contribution in [-0.2, 0) is 16.1 Å². The first kappa shape index (κ1) is 18.4. The first-order valence-corrected chi connectivity index (χ1v) is 8.91. The van der Waals surface area contributed by atoms with Gasteiger partial charge >= 0.3 is 6.03 Å². The predicted molar refractivity (Wildman–Crippen MR) is 99.9 cm³/mol. The molecule has 3 rings (SSSR count). The number of carbonyl (C=O) groups excluding carboxylic acids is 1. The number of ether oxygens (including phenoxy) is 2. The van der Waals surface area contributed by atoms with E-state index in [1.54, 1.807) is 19.5 Å². The third-order valence-electron chi connectivity index (χ3n) is 4.48. The third kappa shape index (κ3) is 4.80. The highest BCUT2D eigenvalue weighted by atomic mass is 16.5. The maximum Gasteiger partial charge on any atom is 0.322 e.